The molecule has 0 aliphatic carbocycles. The predicted molar refractivity (Wildman–Crippen MR) is 73.8 cm³/mol. The van der Waals surface area contributed by atoms with Gasteiger partial charge in [-0.05, 0) is 12.0 Å². The van der Waals surface area contributed by atoms with Crippen molar-refractivity contribution in [3.05, 3.63) is 35.9 Å². The lowest BCUT2D eigenvalue weighted by Gasteiger charge is -2.07. The van der Waals surface area contributed by atoms with Crippen LogP contribution in [0.2, 0.25) is 0 Å². The fraction of sp³-hybridized carbons (Fsp3) is 0.308. The lowest BCUT2D eigenvalue weighted by Crippen LogP contribution is -2.09. The third kappa shape index (κ3) is 4.09. The fourth-order valence-electron chi connectivity index (χ4n) is 1.49. The lowest BCUT2D eigenvalue weighted by atomic mass is 10.2. The Balaban J connectivity index is 2.01. The molecule has 3 N–H and O–H groups in total. The Kier molecular flexibility index (Phi) is 4.49. The zero-order valence-corrected chi connectivity index (χ0v) is 10.8. The lowest BCUT2D eigenvalue weighted by molar-refractivity contribution is 0.292. The zero-order valence-electron chi connectivity index (χ0n) is 10.8. The summed E-state index contributed by atoms with van der Waals surface area (Å²) in [7, 11) is 0. The van der Waals surface area contributed by atoms with E-state index in [-0.39, 0.29) is 12.0 Å². The molecule has 0 atom stereocenters. The van der Waals surface area contributed by atoms with E-state index in [9.17, 15) is 0 Å². The number of hydrogen-bond donors (Lipinski definition) is 2. The second-order valence-electron chi connectivity index (χ2n) is 3.99. The van der Waals surface area contributed by atoms with Crippen molar-refractivity contribution in [2.24, 2.45) is 0 Å². The first-order chi connectivity index (χ1) is 9.28. The predicted octanol–water partition coefficient (Wildman–Crippen LogP) is 1.85. The molecule has 0 spiro atoms. The molecule has 0 unspecified atom stereocenters. The van der Waals surface area contributed by atoms with Gasteiger partial charge in [0.2, 0.25) is 11.9 Å². The van der Waals surface area contributed by atoms with E-state index in [2.05, 4.69) is 20.3 Å². The van der Waals surface area contributed by atoms with Crippen LogP contribution in [-0.4, -0.2) is 21.6 Å². The van der Waals surface area contributed by atoms with Crippen molar-refractivity contribution in [3.8, 4) is 6.01 Å². The van der Waals surface area contributed by atoms with Gasteiger partial charge in [0, 0.05) is 6.54 Å². The van der Waals surface area contributed by atoms with Crippen LogP contribution in [0.1, 0.15) is 18.9 Å². The number of hydrogen-bond acceptors (Lipinski definition) is 6. The maximum atomic E-state index is 5.62. The van der Waals surface area contributed by atoms with E-state index in [1.54, 1.807) is 0 Å². The van der Waals surface area contributed by atoms with Gasteiger partial charge in [-0.1, -0.05) is 37.3 Å². The molecular formula is C13H17N5O. The highest BCUT2D eigenvalue weighted by molar-refractivity contribution is 5.33. The molecule has 0 aliphatic rings. The molecule has 6 nitrogen and oxygen atoms in total. The zero-order chi connectivity index (χ0) is 13.5. The van der Waals surface area contributed by atoms with Crippen LogP contribution in [0.3, 0.4) is 0 Å². The highest BCUT2D eigenvalue weighted by atomic mass is 16.5. The van der Waals surface area contributed by atoms with Gasteiger partial charge >= 0.3 is 6.01 Å². The number of aromatic nitrogens is 3. The molecule has 0 saturated carbocycles. The molecular weight excluding hydrogens is 242 g/mol. The van der Waals surface area contributed by atoms with Crippen molar-refractivity contribution in [2.45, 2.75) is 19.9 Å². The molecule has 0 fully saturated rings. The number of nitrogens with zero attached hydrogens (tertiary/aromatic N) is 3. The Morgan fingerprint density at radius 2 is 1.95 bits per heavy atom. The molecule has 1 aromatic heterocycles. The third-order valence-electron chi connectivity index (χ3n) is 2.36. The summed E-state index contributed by atoms with van der Waals surface area (Å²) in [6.45, 7) is 3.19. The van der Waals surface area contributed by atoms with Crippen LogP contribution in [0, 0.1) is 0 Å². The van der Waals surface area contributed by atoms with E-state index in [0.717, 1.165) is 12.0 Å². The molecule has 1 heterocycles. The molecule has 2 rings (SSSR count). The molecule has 0 saturated heterocycles. The Labute approximate surface area is 112 Å². The van der Waals surface area contributed by atoms with E-state index >= 15 is 0 Å². The van der Waals surface area contributed by atoms with Crippen LogP contribution < -0.4 is 15.8 Å². The molecule has 0 amide bonds. The minimum absolute atomic E-state index is 0.150. The normalized spacial score (nSPS) is 10.2. The molecule has 0 bridgehead atoms. The third-order valence-corrected chi connectivity index (χ3v) is 2.36. The summed E-state index contributed by atoms with van der Waals surface area (Å²) in [5.41, 5.74) is 6.75. The van der Waals surface area contributed by atoms with E-state index in [1.807, 2.05) is 37.3 Å². The van der Waals surface area contributed by atoms with Gasteiger partial charge in [0.25, 0.3) is 0 Å². The summed E-state index contributed by atoms with van der Waals surface area (Å²) in [6.07, 6.45) is 0.887. The summed E-state index contributed by atoms with van der Waals surface area (Å²) in [5, 5.41) is 3.10. The van der Waals surface area contributed by atoms with Gasteiger partial charge in [-0.25, -0.2) is 0 Å². The van der Waals surface area contributed by atoms with Gasteiger partial charge in [0.05, 0.1) is 6.61 Å². The number of rotatable bonds is 6. The van der Waals surface area contributed by atoms with Crippen molar-refractivity contribution >= 4 is 11.9 Å². The van der Waals surface area contributed by atoms with Crippen LogP contribution in [0.15, 0.2) is 30.3 Å². The Morgan fingerprint density at radius 3 is 2.68 bits per heavy atom. The monoisotopic (exact) mass is 259 g/mol. The summed E-state index contributed by atoms with van der Waals surface area (Å²) < 4.78 is 5.35. The first-order valence-corrected chi connectivity index (χ1v) is 6.20. The quantitative estimate of drug-likeness (QED) is 0.823. The van der Waals surface area contributed by atoms with Crippen LogP contribution in [0.25, 0.3) is 0 Å². The van der Waals surface area contributed by atoms with Crippen molar-refractivity contribution in [1.82, 2.24) is 15.0 Å². The van der Waals surface area contributed by atoms with Gasteiger partial charge in [0.15, 0.2) is 0 Å². The maximum absolute atomic E-state index is 5.62. The van der Waals surface area contributed by atoms with Crippen LogP contribution in [0.4, 0.5) is 11.9 Å². The summed E-state index contributed by atoms with van der Waals surface area (Å²) >= 11 is 0. The first-order valence-electron chi connectivity index (χ1n) is 6.20. The second kappa shape index (κ2) is 6.53. The number of nitrogen functional groups attached to an aromatic ring is 1. The highest BCUT2D eigenvalue weighted by Crippen LogP contribution is 2.10. The minimum atomic E-state index is 0.150. The second-order valence-corrected chi connectivity index (χ2v) is 3.99. The molecule has 2 aromatic rings. The first kappa shape index (κ1) is 13.1. The molecule has 0 radical (unpaired) electrons. The summed E-state index contributed by atoms with van der Waals surface area (Å²) in [6, 6.07) is 10.2. The molecule has 1 aromatic carbocycles. The fourth-order valence-corrected chi connectivity index (χ4v) is 1.49. The average molecular weight is 259 g/mol. The van der Waals surface area contributed by atoms with E-state index in [4.69, 9.17) is 10.5 Å². The number of benzene rings is 1. The van der Waals surface area contributed by atoms with E-state index in [0.29, 0.717) is 19.1 Å². The Hall–Kier alpha value is -2.37. The molecule has 100 valence electrons. The van der Waals surface area contributed by atoms with Gasteiger partial charge in [-0.15, -0.1) is 0 Å². The highest BCUT2D eigenvalue weighted by Gasteiger charge is 2.04. The van der Waals surface area contributed by atoms with Crippen LogP contribution in [0.5, 0.6) is 6.01 Å². The van der Waals surface area contributed by atoms with Crippen LogP contribution in [-0.2, 0) is 6.54 Å². The number of nitrogens with one attached hydrogen (secondary N) is 1. The standard InChI is InChI=1S/C13H17N5O/c1-2-8-19-13-17-11(14)16-12(18-13)15-9-10-6-4-3-5-7-10/h3-7H,2,8-9H2,1H3,(H3,14,15,16,17,18). The van der Waals surface area contributed by atoms with Gasteiger partial charge in [-0.3, -0.25) is 0 Å². The molecule has 19 heavy (non-hydrogen) atoms. The number of ether oxygens (including phenoxy) is 1. The van der Waals surface area contributed by atoms with Gasteiger partial charge in [0.1, 0.15) is 0 Å². The number of nitrogens with two attached hydrogens (primary N) is 1. The molecule has 0 aliphatic heterocycles. The van der Waals surface area contributed by atoms with E-state index < -0.39 is 0 Å². The SMILES string of the molecule is CCCOc1nc(N)nc(NCc2ccccc2)n1. The Bertz CT molecular complexity index is 518. The van der Waals surface area contributed by atoms with Crippen LogP contribution >= 0.6 is 0 Å². The number of anilines is 2. The molecule has 6 heteroatoms. The summed E-state index contributed by atoms with van der Waals surface area (Å²) in [5.74, 6) is 0.569. The average Bonchev–Trinajstić information content (AvgIpc) is 2.43. The van der Waals surface area contributed by atoms with Crippen molar-refractivity contribution in [1.29, 1.82) is 0 Å². The van der Waals surface area contributed by atoms with Gasteiger partial charge < -0.3 is 15.8 Å². The maximum Gasteiger partial charge on any atom is 0.323 e. The summed E-state index contributed by atoms with van der Waals surface area (Å²) in [4.78, 5) is 12.1. The smallest absolute Gasteiger partial charge is 0.323 e. The van der Waals surface area contributed by atoms with Gasteiger partial charge in [-0.2, -0.15) is 15.0 Å². The van der Waals surface area contributed by atoms with Crippen molar-refractivity contribution in [2.75, 3.05) is 17.7 Å². The largest absolute Gasteiger partial charge is 0.463 e. The minimum Gasteiger partial charge on any atom is -0.463 e. The Morgan fingerprint density at radius 1 is 1.16 bits per heavy atom. The van der Waals surface area contributed by atoms with Crippen molar-refractivity contribution < 1.29 is 4.74 Å². The topological polar surface area (TPSA) is 86.0 Å². The van der Waals surface area contributed by atoms with Crippen molar-refractivity contribution in [3.63, 3.8) is 0 Å². The van der Waals surface area contributed by atoms with E-state index in [1.165, 1.54) is 0 Å².